The smallest absolute Gasteiger partial charge is 0.337 e. The summed E-state index contributed by atoms with van der Waals surface area (Å²) in [6, 6.07) is 3.27. The van der Waals surface area contributed by atoms with Gasteiger partial charge in [0.25, 0.3) is 0 Å². The second-order valence-corrected chi connectivity index (χ2v) is 6.45. The zero-order valence-corrected chi connectivity index (χ0v) is 11.8. The second kappa shape index (κ2) is 5.70. The van der Waals surface area contributed by atoms with E-state index in [1.807, 2.05) is 0 Å². The van der Waals surface area contributed by atoms with Crippen LogP contribution in [0.2, 0.25) is 0 Å². The standard InChI is InChI=1S/C12H15N3O5S/c13-7-1-3-10(9(5-7)12(17)18)21(19,20)14-6-8-2-4-11(16)15-8/h1,3,5,8,14H,2,4,6,13H2,(H,15,16)(H,17,18). The molecule has 0 saturated carbocycles. The van der Waals surface area contributed by atoms with Crippen molar-refractivity contribution >= 4 is 27.6 Å². The third-order valence-electron chi connectivity index (χ3n) is 3.13. The van der Waals surface area contributed by atoms with Crippen molar-refractivity contribution in [2.45, 2.75) is 23.8 Å². The van der Waals surface area contributed by atoms with Gasteiger partial charge in [-0.05, 0) is 24.6 Å². The number of hydrogen-bond donors (Lipinski definition) is 4. The molecule has 0 radical (unpaired) electrons. The Morgan fingerprint density at radius 1 is 1.48 bits per heavy atom. The minimum atomic E-state index is -4.00. The Balaban J connectivity index is 2.19. The topological polar surface area (TPSA) is 139 Å². The van der Waals surface area contributed by atoms with Crippen LogP contribution in [-0.2, 0) is 14.8 Å². The molecule has 5 N–H and O–H groups in total. The number of nitrogen functional groups attached to an aromatic ring is 1. The van der Waals surface area contributed by atoms with Crippen LogP contribution in [-0.4, -0.2) is 38.0 Å². The molecule has 114 valence electrons. The summed E-state index contributed by atoms with van der Waals surface area (Å²) in [5, 5.41) is 11.7. The van der Waals surface area contributed by atoms with Gasteiger partial charge in [-0.2, -0.15) is 0 Å². The van der Waals surface area contributed by atoms with E-state index in [9.17, 15) is 18.0 Å². The molecule has 1 aromatic rings. The number of carboxylic acid groups (broad SMARTS) is 1. The van der Waals surface area contributed by atoms with E-state index >= 15 is 0 Å². The molecule has 1 amide bonds. The first-order chi connectivity index (χ1) is 9.79. The van der Waals surface area contributed by atoms with E-state index in [-0.39, 0.29) is 29.1 Å². The van der Waals surface area contributed by atoms with Gasteiger partial charge in [0.15, 0.2) is 0 Å². The van der Waals surface area contributed by atoms with Crippen LogP contribution >= 0.6 is 0 Å². The first-order valence-corrected chi connectivity index (χ1v) is 7.70. The Hall–Kier alpha value is -2.13. The number of benzene rings is 1. The molecule has 0 bridgehead atoms. The molecule has 1 atom stereocenters. The normalized spacial score (nSPS) is 18.5. The predicted octanol–water partition coefficient (Wildman–Crippen LogP) is -0.476. The minimum absolute atomic E-state index is 0.0114. The van der Waals surface area contributed by atoms with Gasteiger partial charge < -0.3 is 16.2 Å². The number of nitrogens with two attached hydrogens (primary N) is 1. The van der Waals surface area contributed by atoms with Gasteiger partial charge >= 0.3 is 5.97 Å². The van der Waals surface area contributed by atoms with Crippen LogP contribution in [0.5, 0.6) is 0 Å². The van der Waals surface area contributed by atoms with E-state index < -0.39 is 21.6 Å². The van der Waals surface area contributed by atoms with Crippen molar-refractivity contribution < 1.29 is 23.1 Å². The summed E-state index contributed by atoms with van der Waals surface area (Å²) in [5.41, 5.74) is 5.24. The number of rotatable bonds is 5. The largest absolute Gasteiger partial charge is 0.478 e. The molecule has 1 fully saturated rings. The van der Waals surface area contributed by atoms with Crippen molar-refractivity contribution in [3.63, 3.8) is 0 Å². The van der Waals surface area contributed by atoms with Crippen molar-refractivity contribution in [2.75, 3.05) is 12.3 Å². The fourth-order valence-corrected chi connectivity index (χ4v) is 3.33. The lowest BCUT2D eigenvalue weighted by Crippen LogP contribution is -2.38. The van der Waals surface area contributed by atoms with Gasteiger partial charge in [-0.25, -0.2) is 17.9 Å². The van der Waals surface area contributed by atoms with Gasteiger partial charge in [-0.1, -0.05) is 0 Å². The van der Waals surface area contributed by atoms with Crippen molar-refractivity contribution in [3.8, 4) is 0 Å². The molecule has 1 unspecified atom stereocenters. The Labute approximate surface area is 121 Å². The van der Waals surface area contributed by atoms with Crippen LogP contribution in [0, 0.1) is 0 Å². The lowest BCUT2D eigenvalue weighted by molar-refractivity contribution is -0.119. The number of hydrogen-bond acceptors (Lipinski definition) is 5. The molecule has 1 aliphatic rings. The van der Waals surface area contributed by atoms with Crippen molar-refractivity contribution in [3.05, 3.63) is 23.8 Å². The molecule has 2 rings (SSSR count). The van der Waals surface area contributed by atoms with Gasteiger partial charge in [0.05, 0.1) is 10.5 Å². The Morgan fingerprint density at radius 2 is 2.19 bits per heavy atom. The maximum Gasteiger partial charge on any atom is 0.337 e. The van der Waals surface area contributed by atoms with Crippen molar-refractivity contribution in [1.82, 2.24) is 10.0 Å². The Morgan fingerprint density at radius 3 is 2.76 bits per heavy atom. The fraction of sp³-hybridized carbons (Fsp3) is 0.333. The maximum atomic E-state index is 12.2. The monoisotopic (exact) mass is 313 g/mol. The zero-order chi connectivity index (χ0) is 15.6. The highest BCUT2D eigenvalue weighted by Crippen LogP contribution is 2.19. The van der Waals surface area contributed by atoms with Crippen molar-refractivity contribution in [1.29, 1.82) is 0 Å². The highest BCUT2D eigenvalue weighted by Gasteiger charge is 2.26. The lowest BCUT2D eigenvalue weighted by atomic mass is 10.2. The first-order valence-electron chi connectivity index (χ1n) is 6.21. The SMILES string of the molecule is Nc1ccc(S(=O)(=O)NCC2CCC(=O)N2)c(C(=O)O)c1. The number of anilines is 1. The molecule has 8 nitrogen and oxygen atoms in total. The van der Waals surface area contributed by atoms with Crippen LogP contribution < -0.4 is 15.8 Å². The molecule has 1 aromatic carbocycles. The van der Waals surface area contributed by atoms with Crippen LogP contribution in [0.15, 0.2) is 23.1 Å². The average molecular weight is 313 g/mol. The molecule has 9 heteroatoms. The summed E-state index contributed by atoms with van der Waals surface area (Å²) >= 11 is 0. The fourth-order valence-electron chi connectivity index (χ4n) is 2.07. The molecule has 1 saturated heterocycles. The number of carbonyl (C=O) groups excluding carboxylic acids is 1. The summed E-state index contributed by atoms with van der Waals surface area (Å²) in [5.74, 6) is -1.50. The number of amides is 1. The highest BCUT2D eigenvalue weighted by atomic mass is 32.2. The molecule has 1 aliphatic heterocycles. The van der Waals surface area contributed by atoms with Crippen LogP contribution in [0.3, 0.4) is 0 Å². The average Bonchev–Trinajstić information content (AvgIpc) is 2.82. The van der Waals surface area contributed by atoms with Gasteiger partial charge in [0, 0.05) is 24.7 Å². The zero-order valence-electron chi connectivity index (χ0n) is 11.0. The van der Waals surface area contributed by atoms with Crippen molar-refractivity contribution in [2.24, 2.45) is 0 Å². The summed E-state index contributed by atoms with van der Waals surface area (Å²) in [6.07, 6.45) is 0.892. The third-order valence-corrected chi connectivity index (χ3v) is 4.61. The van der Waals surface area contributed by atoms with Gasteiger partial charge in [-0.3, -0.25) is 4.79 Å². The first kappa shape index (κ1) is 15.3. The number of carboxylic acids is 1. The predicted molar refractivity (Wildman–Crippen MR) is 74.2 cm³/mol. The Bertz CT molecular complexity index is 686. The highest BCUT2D eigenvalue weighted by molar-refractivity contribution is 7.89. The van der Waals surface area contributed by atoms with Crippen LogP contribution in [0.4, 0.5) is 5.69 Å². The molecular formula is C12H15N3O5S. The van der Waals surface area contributed by atoms with E-state index in [2.05, 4.69) is 10.0 Å². The lowest BCUT2D eigenvalue weighted by Gasteiger charge is -2.13. The van der Waals surface area contributed by atoms with Gasteiger partial charge in [0.1, 0.15) is 0 Å². The maximum absolute atomic E-state index is 12.2. The summed E-state index contributed by atoms with van der Waals surface area (Å²) in [4.78, 5) is 21.8. The second-order valence-electron chi connectivity index (χ2n) is 4.72. The molecule has 0 aliphatic carbocycles. The van der Waals surface area contributed by atoms with E-state index in [0.717, 1.165) is 12.1 Å². The van der Waals surface area contributed by atoms with Crippen LogP contribution in [0.1, 0.15) is 23.2 Å². The van der Waals surface area contributed by atoms with Crippen LogP contribution in [0.25, 0.3) is 0 Å². The molecule has 0 spiro atoms. The van der Waals surface area contributed by atoms with E-state index in [1.165, 1.54) is 6.07 Å². The molecule has 0 aromatic heterocycles. The summed E-state index contributed by atoms with van der Waals surface area (Å²) in [7, 11) is -4.00. The summed E-state index contributed by atoms with van der Waals surface area (Å²) < 4.78 is 26.7. The quantitative estimate of drug-likeness (QED) is 0.542. The number of aromatic carboxylic acids is 1. The number of carbonyl (C=O) groups is 2. The third kappa shape index (κ3) is 3.50. The number of sulfonamides is 1. The Kier molecular flexibility index (Phi) is 4.14. The molecule has 21 heavy (non-hydrogen) atoms. The minimum Gasteiger partial charge on any atom is -0.478 e. The molecule has 1 heterocycles. The van der Waals surface area contributed by atoms with E-state index in [1.54, 1.807) is 0 Å². The van der Waals surface area contributed by atoms with Gasteiger partial charge in [0.2, 0.25) is 15.9 Å². The molecular weight excluding hydrogens is 298 g/mol. The van der Waals surface area contributed by atoms with E-state index in [4.69, 9.17) is 10.8 Å². The number of nitrogens with one attached hydrogen (secondary N) is 2. The van der Waals surface area contributed by atoms with E-state index in [0.29, 0.717) is 12.8 Å². The summed E-state index contributed by atoms with van der Waals surface area (Å²) in [6.45, 7) is 0.0114. The van der Waals surface area contributed by atoms with Gasteiger partial charge in [-0.15, -0.1) is 0 Å².